The number of nitrogens with two attached hydrogens (primary N) is 1. The number of nitrogen functional groups attached to an aromatic ring is 1. The first-order valence-electron chi connectivity index (χ1n) is 2.90. The van der Waals surface area contributed by atoms with Crippen molar-refractivity contribution < 1.29 is 4.39 Å². The minimum atomic E-state index is -1.00. The normalized spacial score (nSPS) is 9.64. The van der Waals surface area contributed by atoms with Gasteiger partial charge in [-0.15, -0.1) is 0 Å². The second-order valence-electron chi connectivity index (χ2n) is 2.05. The van der Waals surface area contributed by atoms with Crippen LogP contribution >= 0.6 is 15.9 Å². The maximum absolute atomic E-state index is 12.3. The van der Waals surface area contributed by atoms with Crippen molar-refractivity contribution in [3.63, 3.8) is 0 Å². The average Bonchev–Trinajstić information content (AvgIpc) is 1.85. The summed E-state index contributed by atoms with van der Waals surface area (Å²) >= 11 is 3.17. The molecule has 4 heteroatoms. The molecule has 0 spiro atoms. The van der Waals surface area contributed by atoms with Gasteiger partial charge >= 0.3 is 0 Å². The van der Waals surface area contributed by atoms with E-state index in [1.807, 2.05) is 0 Å². The number of benzene rings is 1. The van der Waals surface area contributed by atoms with Crippen molar-refractivity contribution in [2.24, 2.45) is 0 Å². The van der Waals surface area contributed by atoms with Gasteiger partial charge in [-0.05, 0) is 18.2 Å². The zero-order valence-electron chi connectivity index (χ0n) is 5.57. The van der Waals surface area contributed by atoms with Gasteiger partial charge in [0.15, 0.2) is 0 Å². The number of rotatable bonds is 1. The van der Waals surface area contributed by atoms with E-state index >= 15 is 0 Å². The standard InChI is InChI=1S/C7H6BrFN2/c8-4-1-2-5(7(9)11)6(10)3-4/h1-3,11H,10H2. The highest BCUT2D eigenvalue weighted by Gasteiger charge is 2.03. The summed E-state index contributed by atoms with van der Waals surface area (Å²) in [6.45, 7) is 0. The first-order chi connectivity index (χ1) is 5.11. The summed E-state index contributed by atoms with van der Waals surface area (Å²) in [6.07, 6.45) is 0. The van der Waals surface area contributed by atoms with Crippen molar-refractivity contribution in [2.75, 3.05) is 5.73 Å². The fraction of sp³-hybridized carbons (Fsp3) is 0. The van der Waals surface area contributed by atoms with E-state index in [0.717, 1.165) is 4.47 Å². The van der Waals surface area contributed by atoms with E-state index < -0.39 is 5.97 Å². The Hall–Kier alpha value is -0.900. The summed E-state index contributed by atoms with van der Waals surface area (Å²) in [7, 11) is 0. The van der Waals surface area contributed by atoms with Crippen molar-refractivity contribution in [3.8, 4) is 0 Å². The average molecular weight is 217 g/mol. The summed E-state index contributed by atoms with van der Waals surface area (Å²) in [5.41, 5.74) is 5.81. The van der Waals surface area contributed by atoms with Crippen molar-refractivity contribution in [1.29, 1.82) is 5.41 Å². The number of anilines is 1. The van der Waals surface area contributed by atoms with E-state index in [0.29, 0.717) is 0 Å². The van der Waals surface area contributed by atoms with Gasteiger partial charge in [-0.1, -0.05) is 15.9 Å². The lowest BCUT2D eigenvalue weighted by Gasteiger charge is -2.00. The van der Waals surface area contributed by atoms with Crippen LogP contribution in [0.25, 0.3) is 0 Å². The highest BCUT2D eigenvalue weighted by molar-refractivity contribution is 9.10. The molecule has 0 amide bonds. The van der Waals surface area contributed by atoms with Crippen molar-refractivity contribution in [3.05, 3.63) is 28.2 Å². The predicted molar refractivity (Wildman–Crippen MR) is 46.5 cm³/mol. The van der Waals surface area contributed by atoms with Crippen molar-refractivity contribution in [2.45, 2.75) is 0 Å². The Labute approximate surface area is 71.9 Å². The Kier molecular flexibility index (Phi) is 2.24. The van der Waals surface area contributed by atoms with Crippen LogP contribution in [-0.4, -0.2) is 5.97 Å². The van der Waals surface area contributed by atoms with Gasteiger partial charge in [0.05, 0.1) is 5.56 Å². The van der Waals surface area contributed by atoms with Crippen LogP contribution in [0.15, 0.2) is 22.7 Å². The Morgan fingerprint density at radius 2 is 2.18 bits per heavy atom. The molecule has 0 radical (unpaired) electrons. The molecule has 1 aromatic rings. The fourth-order valence-electron chi connectivity index (χ4n) is 0.733. The highest BCUT2D eigenvalue weighted by atomic mass is 79.9. The van der Waals surface area contributed by atoms with E-state index in [2.05, 4.69) is 15.9 Å². The minimum absolute atomic E-state index is 0.133. The summed E-state index contributed by atoms with van der Waals surface area (Å²) in [5, 5.41) is 6.68. The monoisotopic (exact) mass is 216 g/mol. The van der Waals surface area contributed by atoms with Crippen LogP contribution in [-0.2, 0) is 0 Å². The molecule has 0 aliphatic rings. The van der Waals surface area contributed by atoms with E-state index in [4.69, 9.17) is 11.1 Å². The molecule has 1 rings (SSSR count). The van der Waals surface area contributed by atoms with Crippen molar-refractivity contribution in [1.82, 2.24) is 0 Å². The third kappa shape index (κ3) is 1.77. The SMILES string of the molecule is N=C(F)c1ccc(Br)cc1N. The third-order valence-corrected chi connectivity index (χ3v) is 1.74. The van der Waals surface area contributed by atoms with E-state index in [-0.39, 0.29) is 11.3 Å². The Morgan fingerprint density at radius 3 is 2.64 bits per heavy atom. The number of hydrogen-bond acceptors (Lipinski definition) is 2. The van der Waals surface area contributed by atoms with Crippen LogP contribution < -0.4 is 5.73 Å². The Bertz CT molecular complexity index is 298. The zero-order chi connectivity index (χ0) is 8.43. The summed E-state index contributed by atoms with van der Waals surface area (Å²) in [5.74, 6) is -1.00. The van der Waals surface area contributed by atoms with E-state index in [9.17, 15) is 4.39 Å². The molecule has 0 fully saturated rings. The maximum atomic E-state index is 12.3. The van der Waals surface area contributed by atoms with Crippen LogP contribution in [0.2, 0.25) is 0 Å². The maximum Gasteiger partial charge on any atom is 0.214 e. The van der Waals surface area contributed by atoms with Gasteiger partial charge < -0.3 is 5.73 Å². The number of hydrogen-bond donors (Lipinski definition) is 2. The van der Waals surface area contributed by atoms with Gasteiger partial charge in [-0.2, -0.15) is 4.39 Å². The molecular weight excluding hydrogens is 211 g/mol. The molecule has 0 unspecified atom stereocenters. The highest BCUT2D eigenvalue weighted by Crippen LogP contribution is 2.18. The summed E-state index contributed by atoms with van der Waals surface area (Å²) in [4.78, 5) is 0. The molecule has 0 atom stereocenters. The summed E-state index contributed by atoms with van der Waals surface area (Å²) in [6, 6.07) is 4.66. The zero-order valence-corrected chi connectivity index (χ0v) is 7.15. The van der Waals surface area contributed by atoms with E-state index in [1.54, 1.807) is 12.1 Å². The molecule has 0 aliphatic carbocycles. The van der Waals surface area contributed by atoms with Gasteiger partial charge in [0.1, 0.15) is 0 Å². The van der Waals surface area contributed by atoms with Gasteiger partial charge in [-0.3, -0.25) is 5.41 Å². The lowest BCUT2D eigenvalue weighted by molar-refractivity contribution is 0.798. The molecule has 0 saturated heterocycles. The van der Waals surface area contributed by atoms with Crippen LogP contribution in [0.1, 0.15) is 5.56 Å². The molecular formula is C7H6BrFN2. The lowest BCUT2D eigenvalue weighted by Crippen LogP contribution is -1.97. The molecule has 0 aromatic heterocycles. The minimum Gasteiger partial charge on any atom is -0.398 e. The van der Waals surface area contributed by atoms with Crippen LogP contribution in [0.3, 0.4) is 0 Å². The third-order valence-electron chi connectivity index (χ3n) is 1.25. The molecule has 2 nitrogen and oxygen atoms in total. The largest absolute Gasteiger partial charge is 0.398 e. The second kappa shape index (κ2) is 3.00. The number of halogens is 2. The first kappa shape index (κ1) is 8.20. The molecule has 0 bridgehead atoms. The van der Waals surface area contributed by atoms with Crippen molar-refractivity contribution >= 4 is 27.6 Å². The lowest BCUT2D eigenvalue weighted by atomic mass is 10.2. The van der Waals surface area contributed by atoms with Gasteiger partial charge in [0.25, 0.3) is 0 Å². The molecule has 11 heavy (non-hydrogen) atoms. The quantitative estimate of drug-likeness (QED) is 0.550. The topological polar surface area (TPSA) is 49.9 Å². The van der Waals surface area contributed by atoms with Crippen LogP contribution in [0, 0.1) is 5.41 Å². The first-order valence-corrected chi connectivity index (χ1v) is 3.70. The summed E-state index contributed by atoms with van der Waals surface area (Å²) < 4.78 is 13.1. The Balaban J connectivity index is 3.20. The molecule has 0 heterocycles. The van der Waals surface area contributed by atoms with Gasteiger partial charge in [0.2, 0.25) is 5.97 Å². The van der Waals surface area contributed by atoms with Gasteiger partial charge in [0, 0.05) is 10.2 Å². The smallest absolute Gasteiger partial charge is 0.214 e. The molecule has 58 valence electrons. The Morgan fingerprint density at radius 1 is 1.55 bits per heavy atom. The molecule has 1 aromatic carbocycles. The van der Waals surface area contributed by atoms with Gasteiger partial charge in [-0.25, -0.2) is 0 Å². The molecule has 0 saturated carbocycles. The van der Waals surface area contributed by atoms with Crippen LogP contribution in [0.4, 0.5) is 10.1 Å². The second-order valence-corrected chi connectivity index (χ2v) is 2.96. The molecule has 0 aliphatic heterocycles. The fourth-order valence-corrected chi connectivity index (χ4v) is 1.11. The van der Waals surface area contributed by atoms with Crippen LogP contribution in [0.5, 0.6) is 0 Å². The predicted octanol–water partition coefficient (Wildman–Crippen LogP) is 2.33. The molecule has 3 N–H and O–H groups in total. The number of nitrogens with one attached hydrogen (secondary N) is 1. The van der Waals surface area contributed by atoms with E-state index in [1.165, 1.54) is 6.07 Å².